The number of nitro groups is 1. The van der Waals surface area contributed by atoms with Crippen LogP contribution in [0, 0.1) is 10.1 Å². The molecule has 0 aliphatic carbocycles. The molecule has 2 aromatic carbocycles. The second-order valence-electron chi connectivity index (χ2n) is 4.54. The third-order valence-corrected chi connectivity index (χ3v) is 3.43. The molecule has 114 valence electrons. The van der Waals surface area contributed by atoms with Gasteiger partial charge >= 0.3 is 6.03 Å². The monoisotopic (exact) mass is 363 g/mol. The molecule has 2 rings (SSSR count). The second kappa shape index (κ2) is 7.56. The predicted molar refractivity (Wildman–Crippen MR) is 88.0 cm³/mol. The number of urea groups is 1. The molecule has 0 bridgehead atoms. The molecule has 0 aliphatic rings. The minimum Gasteiger partial charge on any atom is -0.338 e. The molecular formula is C15H14BrN3O3. The van der Waals surface area contributed by atoms with Crippen molar-refractivity contribution in [1.29, 1.82) is 0 Å². The van der Waals surface area contributed by atoms with Crippen molar-refractivity contribution in [2.45, 2.75) is 6.42 Å². The van der Waals surface area contributed by atoms with Crippen molar-refractivity contribution in [2.75, 3.05) is 11.9 Å². The summed E-state index contributed by atoms with van der Waals surface area (Å²) in [6.45, 7) is 0.433. The molecule has 22 heavy (non-hydrogen) atoms. The molecule has 0 fully saturated rings. The van der Waals surface area contributed by atoms with E-state index in [9.17, 15) is 14.9 Å². The summed E-state index contributed by atoms with van der Waals surface area (Å²) < 4.78 is 0.981. The Morgan fingerprint density at radius 1 is 1.18 bits per heavy atom. The van der Waals surface area contributed by atoms with Gasteiger partial charge in [-0.1, -0.05) is 40.2 Å². The average molecular weight is 364 g/mol. The van der Waals surface area contributed by atoms with Crippen LogP contribution >= 0.6 is 15.9 Å². The van der Waals surface area contributed by atoms with Crippen LogP contribution in [0.15, 0.2) is 53.0 Å². The maximum absolute atomic E-state index is 11.8. The molecule has 0 spiro atoms. The van der Waals surface area contributed by atoms with E-state index in [4.69, 9.17) is 0 Å². The van der Waals surface area contributed by atoms with Gasteiger partial charge in [0.15, 0.2) is 0 Å². The highest BCUT2D eigenvalue weighted by atomic mass is 79.9. The van der Waals surface area contributed by atoms with Crippen molar-refractivity contribution in [2.24, 2.45) is 0 Å². The van der Waals surface area contributed by atoms with Gasteiger partial charge < -0.3 is 10.6 Å². The number of hydrogen-bond acceptors (Lipinski definition) is 3. The summed E-state index contributed by atoms with van der Waals surface area (Å²) >= 11 is 3.39. The van der Waals surface area contributed by atoms with E-state index in [0.717, 1.165) is 10.0 Å². The van der Waals surface area contributed by atoms with Crippen LogP contribution in [0.1, 0.15) is 5.56 Å². The maximum Gasteiger partial charge on any atom is 0.319 e. The maximum atomic E-state index is 11.8. The Kier molecular flexibility index (Phi) is 5.48. The Bertz CT molecular complexity index is 691. The molecule has 0 saturated heterocycles. The first-order valence-electron chi connectivity index (χ1n) is 6.59. The zero-order valence-corrected chi connectivity index (χ0v) is 13.2. The molecule has 0 unspecified atom stereocenters. The molecule has 0 heterocycles. The van der Waals surface area contributed by atoms with Crippen molar-refractivity contribution in [3.63, 3.8) is 0 Å². The number of nitro benzene ring substituents is 1. The van der Waals surface area contributed by atoms with Crippen LogP contribution in [0.5, 0.6) is 0 Å². The number of nitrogens with one attached hydrogen (secondary N) is 2. The first-order chi connectivity index (χ1) is 10.6. The lowest BCUT2D eigenvalue weighted by molar-refractivity contribution is -0.383. The van der Waals surface area contributed by atoms with Crippen LogP contribution in [-0.4, -0.2) is 17.5 Å². The van der Waals surface area contributed by atoms with Gasteiger partial charge in [0.2, 0.25) is 0 Å². The molecule has 2 aromatic rings. The zero-order valence-electron chi connectivity index (χ0n) is 11.6. The minimum atomic E-state index is -0.531. The second-order valence-corrected chi connectivity index (χ2v) is 5.45. The zero-order chi connectivity index (χ0) is 15.9. The topological polar surface area (TPSA) is 84.3 Å². The van der Waals surface area contributed by atoms with E-state index in [2.05, 4.69) is 26.6 Å². The molecule has 0 aliphatic heterocycles. The number of benzene rings is 2. The smallest absolute Gasteiger partial charge is 0.319 e. The predicted octanol–water partition coefficient (Wildman–Crippen LogP) is 3.72. The number of carbonyl (C=O) groups is 1. The van der Waals surface area contributed by atoms with Crippen molar-refractivity contribution in [3.8, 4) is 0 Å². The molecule has 7 heteroatoms. The molecule has 6 nitrogen and oxygen atoms in total. The molecule has 0 radical (unpaired) electrons. The van der Waals surface area contributed by atoms with Crippen molar-refractivity contribution in [3.05, 3.63) is 68.7 Å². The van der Waals surface area contributed by atoms with E-state index in [1.165, 1.54) is 12.1 Å². The summed E-state index contributed by atoms with van der Waals surface area (Å²) in [5.41, 5.74) is 1.12. The SMILES string of the molecule is O=C(NCCc1cccc(Br)c1)Nc1ccccc1[N+](=O)[O-]. The highest BCUT2D eigenvalue weighted by molar-refractivity contribution is 9.10. The lowest BCUT2D eigenvalue weighted by Gasteiger charge is -2.08. The molecule has 2 N–H and O–H groups in total. The van der Waals surface area contributed by atoms with Crippen LogP contribution in [0.25, 0.3) is 0 Å². The number of amides is 2. The molecule has 0 aromatic heterocycles. The van der Waals surface area contributed by atoms with Crippen LogP contribution in [0.3, 0.4) is 0 Å². The van der Waals surface area contributed by atoms with E-state index < -0.39 is 11.0 Å². The van der Waals surface area contributed by atoms with Gasteiger partial charge in [-0.2, -0.15) is 0 Å². The van der Waals surface area contributed by atoms with Gasteiger partial charge in [0.25, 0.3) is 5.69 Å². The van der Waals surface area contributed by atoms with Crippen LogP contribution < -0.4 is 10.6 Å². The highest BCUT2D eigenvalue weighted by Gasteiger charge is 2.14. The van der Waals surface area contributed by atoms with E-state index >= 15 is 0 Å². The normalized spacial score (nSPS) is 10.0. The summed E-state index contributed by atoms with van der Waals surface area (Å²) in [7, 11) is 0. The fourth-order valence-electron chi connectivity index (χ4n) is 1.92. The fraction of sp³-hybridized carbons (Fsp3) is 0.133. The summed E-state index contributed by atoms with van der Waals surface area (Å²) in [5, 5.41) is 16.0. The van der Waals surface area contributed by atoms with E-state index in [-0.39, 0.29) is 11.4 Å². The standard InChI is InChI=1S/C15H14BrN3O3/c16-12-5-3-4-11(10-12)8-9-17-15(20)18-13-6-1-2-7-14(13)19(21)22/h1-7,10H,8-9H2,(H2,17,18,20). The Balaban J connectivity index is 1.87. The number of hydrogen-bond donors (Lipinski definition) is 2. The van der Waals surface area contributed by atoms with E-state index in [1.54, 1.807) is 12.1 Å². The summed E-state index contributed by atoms with van der Waals surface area (Å²) in [4.78, 5) is 22.1. The number of rotatable bonds is 5. The lowest BCUT2D eigenvalue weighted by Crippen LogP contribution is -2.30. The number of anilines is 1. The van der Waals surface area contributed by atoms with Crippen LogP contribution in [0.2, 0.25) is 0 Å². The van der Waals surface area contributed by atoms with E-state index in [1.807, 2.05) is 24.3 Å². The van der Waals surface area contributed by atoms with Gasteiger partial charge in [0.05, 0.1) is 4.92 Å². The third-order valence-electron chi connectivity index (χ3n) is 2.94. The Hall–Kier alpha value is -2.41. The van der Waals surface area contributed by atoms with E-state index in [0.29, 0.717) is 13.0 Å². The summed E-state index contributed by atoms with van der Waals surface area (Å²) in [6, 6.07) is 13.3. The van der Waals surface area contributed by atoms with Gasteiger partial charge in [0.1, 0.15) is 5.69 Å². The Morgan fingerprint density at radius 3 is 2.68 bits per heavy atom. The molecular weight excluding hydrogens is 350 g/mol. The average Bonchev–Trinajstić information content (AvgIpc) is 2.47. The summed E-state index contributed by atoms with van der Waals surface area (Å²) in [6.07, 6.45) is 0.670. The lowest BCUT2D eigenvalue weighted by atomic mass is 10.1. The molecule has 2 amide bonds. The van der Waals surface area contributed by atoms with Crippen molar-refractivity contribution >= 4 is 33.3 Å². The minimum absolute atomic E-state index is 0.135. The highest BCUT2D eigenvalue weighted by Crippen LogP contribution is 2.22. The van der Waals surface area contributed by atoms with Gasteiger partial charge in [-0.05, 0) is 30.2 Å². The summed E-state index contributed by atoms with van der Waals surface area (Å²) in [5.74, 6) is 0. The van der Waals surface area contributed by atoms with Gasteiger partial charge in [-0.15, -0.1) is 0 Å². The molecule has 0 saturated carbocycles. The molecule has 0 atom stereocenters. The number of carbonyl (C=O) groups excluding carboxylic acids is 1. The largest absolute Gasteiger partial charge is 0.338 e. The fourth-order valence-corrected chi connectivity index (χ4v) is 2.36. The Morgan fingerprint density at radius 2 is 1.95 bits per heavy atom. The Labute approximate surface area is 135 Å². The third kappa shape index (κ3) is 4.56. The van der Waals surface area contributed by atoms with Gasteiger partial charge in [-0.3, -0.25) is 10.1 Å². The van der Waals surface area contributed by atoms with Crippen molar-refractivity contribution in [1.82, 2.24) is 5.32 Å². The van der Waals surface area contributed by atoms with Crippen molar-refractivity contribution < 1.29 is 9.72 Å². The number of halogens is 1. The van der Waals surface area contributed by atoms with Crippen LogP contribution in [-0.2, 0) is 6.42 Å². The van der Waals surface area contributed by atoms with Gasteiger partial charge in [0, 0.05) is 17.1 Å². The van der Waals surface area contributed by atoms with Gasteiger partial charge in [-0.25, -0.2) is 4.79 Å². The number of para-hydroxylation sites is 2. The first kappa shape index (κ1) is 16.0. The van der Waals surface area contributed by atoms with Crippen LogP contribution in [0.4, 0.5) is 16.2 Å². The first-order valence-corrected chi connectivity index (χ1v) is 7.38. The number of nitrogens with zero attached hydrogens (tertiary/aromatic N) is 1. The quantitative estimate of drug-likeness (QED) is 0.626.